The van der Waals surface area contributed by atoms with Crippen LogP contribution in [-0.4, -0.2) is 12.6 Å². The number of likely N-dealkylation sites (N-methyl/N-ethyl adjacent to an activating group) is 1. The number of allylic oxidation sites excluding steroid dienone is 1. The standard InChI is InChI=1S/C14H19ClFN/c1-4-17-11(8-10(2)3)9-12-13(15)6-5-7-14(12)16/h5-8,11,17H,4,9H2,1-3H3. The van der Waals surface area contributed by atoms with Gasteiger partial charge in [0.05, 0.1) is 0 Å². The third-order valence-electron chi connectivity index (χ3n) is 2.49. The molecule has 1 aromatic carbocycles. The average Bonchev–Trinajstić information content (AvgIpc) is 2.23. The fourth-order valence-electron chi connectivity index (χ4n) is 1.80. The summed E-state index contributed by atoms with van der Waals surface area (Å²) in [5, 5.41) is 3.81. The molecule has 1 rings (SSSR count). The van der Waals surface area contributed by atoms with Crippen molar-refractivity contribution in [3.8, 4) is 0 Å². The fourth-order valence-corrected chi connectivity index (χ4v) is 2.04. The van der Waals surface area contributed by atoms with E-state index >= 15 is 0 Å². The van der Waals surface area contributed by atoms with Gasteiger partial charge in [0, 0.05) is 16.6 Å². The highest BCUT2D eigenvalue weighted by Crippen LogP contribution is 2.21. The maximum atomic E-state index is 13.7. The van der Waals surface area contributed by atoms with E-state index in [1.165, 1.54) is 11.6 Å². The molecule has 0 aliphatic carbocycles. The average molecular weight is 256 g/mol. The van der Waals surface area contributed by atoms with Crippen LogP contribution >= 0.6 is 11.6 Å². The van der Waals surface area contributed by atoms with Crippen LogP contribution in [0, 0.1) is 5.82 Å². The normalized spacial score (nSPS) is 12.3. The van der Waals surface area contributed by atoms with Crippen molar-refractivity contribution in [1.29, 1.82) is 0 Å². The second kappa shape index (κ2) is 6.77. The lowest BCUT2D eigenvalue weighted by molar-refractivity contribution is 0.568. The smallest absolute Gasteiger partial charge is 0.127 e. The third-order valence-corrected chi connectivity index (χ3v) is 2.84. The maximum absolute atomic E-state index is 13.7. The van der Waals surface area contributed by atoms with E-state index in [1.807, 2.05) is 20.8 Å². The summed E-state index contributed by atoms with van der Waals surface area (Å²) in [4.78, 5) is 0. The lowest BCUT2D eigenvalue weighted by Gasteiger charge is -2.16. The first-order valence-corrected chi connectivity index (χ1v) is 6.23. The minimum absolute atomic E-state index is 0.124. The molecule has 0 amide bonds. The summed E-state index contributed by atoms with van der Waals surface area (Å²) in [5.41, 5.74) is 1.79. The first-order chi connectivity index (χ1) is 8.04. The van der Waals surface area contributed by atoms with Gasteiger partial charge in [-0.3, -0.25) is 0 Å². The Kier molecular flexibility index (Phi) is 5.66. The van der Waals surface area contributed by atoms with Crippen LogP contribution in [0.5, 0.6) is 0 Å². The van der Waals surface area contributed by atoms with Crippen LogP contribution in [0.1, 0.15) is 26.3 Å². The van der Waals surface area contributed by atoms with Gasteiger partial charge in [0.25, 0.3) is 0 Å². The Morgan fingerprint density at radius 3 is 2.71 bits per heavy atom. The Morgan fingerprint density at radius 2 is 2.18 bits per heavy atom. The van der Waals surface area contributed by atoms with Gasteiger partial charge in [-0.05, 0) is 38.9 Å². The molecule has 0 aliphatic heterocycles. The van der Waals surface area contributed by atoms with E-state index in [0.717, 1.165) is 6.54 Å². The highest BCUT2D eigenvalue weighted by atomic mass is 35.5. The van der Waals surface area contributed by atoms with Crippen LogP contribution in [0.3, 0.4) is 0 Å². The lowest BCUT2D eigenvalue weighted by atomic mass is 10.0. The van der Waals surface area contributed by atoms with E-state index in [9.17, 15) is 4.39 Å². The molecule has 1 nitrogen and oxygen atoms in total. The zero-order valence-corrected chi connectivity index (χ0v) is 11.3. The minimum atomic E-state index is -0.234. The number of halogens is 2. The molecule has 1 unspecified atom stereocenters. The highest BCUT2D eigenvalue weighted by Gasteiger charge is 2.12. The van der Waals surface area contributed by atoms with Gasteiger partial charge in [-0.15, -0.1) is 0 Å². The zero-order valence-electron chi connectivity index (χ0n) is 10.6. The SMILES string of the molecule is CCNC(C=C(C)C)Cc1c(F)cccc1Cl. The van der Waals surface area contributed by atoms with E-state index < -0.39 is 0 Å². The molecule has 17 heavy (non-hydrogen) atoms. The molecule has 1 aromatic rings. The molecule has 0 spiro atoms. The molecule has 94 valence electrons. The largest absolute Gasteiger partial charge is 0.310 e. The van der Waals surface area contributed by atoms with Crippen molar-refractivity contribution in [2.75, 3.05) is 6.54 Å². The van der Waals surface area contributed by atoms with Gasteiger partial charge in [0.2, 0.25) is 0 Å². The highest BCUT2D eigenvalue weighted by molar-refractivity contribution is 6.31. The molecule has 0 heterocycles. The Morgan fingerprint density at radius 1 is 1.47 bits per heavy atom. The maximum Gasteiger partial charge on any atom is 0.127 e. The first-order valence-electron chi connectivity index (χ1n) is 5.86. The van der Waals surface area contributed by atoms with Gasteiger partial charge in [0.15, 0.2) is 0 Å². The fraction of sp³-hybridized carbons (Fsp3) is 0.429. The van der Waals surface area contributed by atoms with E-state index in [4.69, 9.17) is 11.6 Å². The van der Waals surface area contributed by atoms with Gasteiger partial charge in [0.1, 0.15) is 5.82 Å². The summed E-state index contributed by atoms with van der Waals surface area (Å²) in [7, 11) is 0. The molecular weight excluding hydrogens is 237 g/mol. The van der Waals surface area contributed by atoms with Crippen LogP contribution in [0.15, 0.2) is 29.8 Å². The predicted molar refractivity (Wildman–Crippen MR) is 72.0 cm³/mol. The van der Waals surface area contributed by atoms with Crippen molar-refractivity contribution in [3.05, 3.63) is 46.3 Å². The Labute approximate surface area is 108 Å². The third kappa shape index (κ3) is 4.49. The molecule has 0 aliphatic rings. The summed E-state index contributed by atoms with van der Waals surface area (Å²) in [6, 6.07) is 4.93. The van der Waals surface area contributed by atoms with Crippen molar-refractivity contribution in [1.82, 2.24) is 5.32 Å². The first kappa shape index (κ1) is 14.2. The van der Waals surface area contributed by atoms with Crippen molar-refractivity contribution in [3.63, 3.8) is 0 Å². The van der Waals surface area contributed by atoms with Crippen molar-refractivity contribution in [2.45, 2.75) is 33.2 Å². The molecule has 0 saturated heterocycles. The van der Waals surface area contributed by atoms with Crippen LogP contribution in [-0.2, 0) is 6.42 Å². The van der Waals surface area contributed by atoms with Gasteiger partial charge in [-0.2, -0.15) is 0 Å². The second-order valence-corrected chi connectivity index (χ2v) is 4.72. The monoisotopic (exact) mass is 255 g/mol. The van der Waals surface area contributed by atoms with Gasteiger partial charge in [-0.1, -0.05) is 36.2 Å². The van der Waals surface area contributed by atoms with Crippen LogP contribution in [0.4, 0.5) is 4.39 Å². The van der Waals surface area contributed by atoms with Crippen LogP contribution in [0.25, 0.3) is 0 Å². The van der Waals surface area contributed by atoms with Gasteiger partial charge < -0.3 is 5.32 Å². The van der Waals surface area contributed by atoms with E-state index in [0.29, 0.717) is 17.0 Å². The molecule has 1 N–H and O–H groups in total. The van der Waals surface area contributed by atoms with Crippen LogP contribution < -0.4 is 5.32 Å². The number of rotatable bonds is 5. The Balaban J connectivity index is 2.89. The lowest BCUT2D eigenvalue weighted by Crippen LogP contribution is -2.29. The Bertz CT molecular complexity index is 377. The Hall–Kier alpha value is -0.860. The molecule has 0 fully saturated rings. The molecule has 0 bridgehead atoms. The molecule has 3 heteroatoms. The van der Waals surface area contributed by atoms with Gasteiger partial charge in [-0.25, -0.2) is 4.39 Å². The summed E-state index contributed by atoms with van der Waals surface area (Å²) < 4.78 is 13.7. The topological polar surface area (TPSA) is 12.0 Å². The summed E-state index contributed by atoms with van der Waals surface area (Å²) in [6.07, 6.45) is 2.68. The molecule has 0 saturated carbocycles. The molecular formula is C14H19ClFN. The minimum Gasteiger partial charge on any atom is -0.310 e. The molecule has 0 radical (unpaired) electrons. The van der Waals surface area contributed by atoms with E-state index in [-0.39, 0.29) is 11.9 Å². The van der Waals surface area contributed by atoms with Crippen molar-refractivity contribution < 1.29 is 4.39 Å². The molecule has 1 atom stereocenters. The van der Waals surface area contributed by atoms with Crippen molar-refractivity contribution in [2.24, 2.45) is 0 Å². The molecule has 0 aromatic heterocycles. The number of hydrogen-bond acceptors (Lipinski definition) is 1. The summed E-state index contributed by atoms with van der Waals surface area (Å²) in [5.74, 6) is -0.234. The van der Waals surface area contributed by atoms with Crippen molar-refractivity contribution >= 4 is 11.6 Å². The van der Waals surface area contributed by atoms with Crippen LogP contribution in [0.2, 0.25) is 5.02 Å². The number of benzene rings is 1. The number of hydrogen-bond donors (Lipinski definition) is 1. The quantitative estimate of drug-likeness (QED) is 0.786. The number of nitrogens with one attached hydrogen (secondary N) is 1. The summed E-state index contributed by atoms with van der Waals surface area (Å²) in [6.45, 7) is 6.95. The predicted octanol–water partition coefficient (Wildman–Crippen LogP) is 3.97. The van der Waals surface area contributed by atoms with E-state index in [1.54, 1.807) is 12.1 Å². The second-order valence-electron chi connectivity index (χ2n) is 4.31. The van der Waals surface area contributed by atoms with Gasteiger partial charge >= 0.3 is 0 Å². The summed E-state index contributed by atoms with van der Waals surface area (Å²) >= 11 is 6.02. The van der Waals surface area contributed by atoms with E-state index in [2.05, 4.69) is 11.4 Å². The zero-order chi connectivity index (χ0) is 12.8.